The van der Waals surface area contributed by atoms with E-state index in [4.69, 9.17) is 14.0 Å². The topological polar surface area (TPSA) is 114 Å². The number of hydrogen-bond donors (Lipinski definition) is 1. The van der Waals surface area contributed by atoms with E-state index in [1.165, 1.54) is 4.90 Å². The average molecular weight is 434 g/mol. The second-order valence-electron chi connectivity index (χ2n) is 9.88. The van der Waals surface area contributed by atoms with Crippen LogP contribution in [0.4, 0.5) is 10.7 Å². The number of aliphatic carboxylic acids is 1. The quantitative estimate of drug-likeness (QED) is 0.703. The number of hydrogen-bond acceptors (Lipinski definition) is 8. The van der Waals surface area contributed by atoms with E-state index in [0.717, 1.165) is 0 Å². The molecule has 1 N–H and O–H groups in total. The number of carboxylic acid groups (broad SMARTS) is 1. The van der Waals surface area contributed by atoms with Crippen molar-refractivity contribution in [1.29, 1.82) is 0 Å². The van der Waals surface area contributed by atoms with Crippen LogP contribution < -0.4 is 10.4 Å². The number of piperazine rings is 1. The van der Waals surface area contributed by atoms with Gasteiger partial charge >= 0.3 is 19.2 Å². The van der Waals surface area contributed by atoms with Crippen molar-refractivity contribution in [2.24, 2.45) is 0 Å². The molecule has 0 radical (unpaired) electrons. The molecule has 2 aliphatic rings. The second kappa shape index (κ2) is 7.94. The summed E-state index contributed by atoms with van der Waals surface area (Å²) < 4.78 is 17.4. The summed E-state index contributed by atoms with van der Waals surface area (Å²) in [6.45, 7) is 13.7. The summed E-state index contributed by atoms with van der Waals surface area (Å²) in [5, 5.41) is 9.73. The van der Waals surface area contributed by atoms with Crippen molar-refractivity contribution in [3.05, 3.63) is 12.4 Å². The van der Waals surface area contributed by atoms with Gasteiger partial charge in [0.15, 0.2) is 0 Å². The van der Waals surface area contributed by atoms with E-state index in [1.807, 2.05) is 27.7 Å². The predicted molar refractivity (Wildman–Crippen MR) is 114 cm³/mol. The van der Waals surface area contributed by atoms with Gasteiger partial charge in [0.05, 0.1) is 17.7 Å². The lowest BCUT2D eigenvalue weighted by molar-refractivity contribution is -0.139. The maximum absolute atomic E-state index is 12.4. The van der Waals surface area contributed by atoms with Gasteiger partial charge in [-0.2, -0.15) is 0 Å². The fourth-order valence-electron chi connectivity index (χ4n) is 3.31. The van der Waals surface area contributed by atoms with Crippen molar-refractivity contribution in [3.63, 3.8) is 0 Å². The summed E-state index contributed by atoms with van der Waals surface area (Å²) in [6, 6.07) is -0.982. The SMILES string of the molecule is CC(C)(C)OC(=O)N1CCN(c2ncc(B3OC(C)(C)C(C)(C)O3)cn2)C(C(=O)O)C1. The lowest BCUT2D eigenvalue weighted by atomic mass is 9.81. The van der Waals surface area contributed by atoms with Crippen molar-refractivity contribution < 1.29 is 28.7 Å². The molecule has 1 atom stereocenters. The first-order chi connectivity index (χ1) is 14.2. The third-order valence-corrected chi connectivity index (χ3v) is 5.76. The molecule has 1 aromatic rings. The molecule has 11 heteroatoms. The van der Waals surface area contributed by atoms with Gasteiger partial charge < -0.3 is 29.0 Å². The summed E-state index contributed by atoms with van der Waals surface area (Å²) in [4.78, 5) is 36.0. The van der Waals surface area contributed by atoms with Crippen LogP contribution in [0.25, 0.3) is 0 Å². The Kier molecular flexibility index (Phi) is 5.96. The first-order valence-corrected chi connectivity index (χ1v) is 10.4. The molecule has 1 amide bonds. The monoisotopic (exact) mass is 434 g/mol. The van der Waals surface area contributed by atoms with E-state index < -0.39 is 42.0 Å². The molecule has 170 valence electrons. The molecule has 2 saturated heterocycles. The van der Waals surface area contributed by atoms with E-state index in [0.29, 0.717) is 12.0 Å². The fourth-order valence-corrected chi connectivity index (χ4v) is 3.31. The van der Waals surface area contributed by atoms with Crippen LogP contribution in [-0.4, -0.2) is 81.6 Å². The molecule has 2 fully saturated rings. The normalized spacial score (nSPS) is 23.1. The standard InChI is InChI=1S/C20H31BN4O6/c1-18(2,3)29-17(28)24-8-9-25(14(12-24)15(26)27)16-22-10-13(11-23-16)21-30-19(4,5)20(6,7)31-21/h10-11,14H,8-9,12H2,1-7H3,(H,26,27). The summed E-state index contributed by atoms with van der Waals surface area (Å²) in [6.07, 6.45) is 2.64. The Morgan fingerprint density at radius 2 is 1.68 bits per heavy atom. The molecule has 2 aliphatic heterocycles. The zero-order chi connectivity index (χ0) is 23.2. The Balaban J connectivity index is 1.72. The summed E-state index contributed by atoms with van der Waals surface area (Å²) >= 11 is 0. The van der Waals surface area contributed by atoms with Crippen molar-refractivity contribution in [1.82, 2.24) is 14.9 Å². The number of carbonyl (C=O) groups excluding carboxylic acids is 1. The second-order valence-corrected chi connectivity index (χ2v) is 9.88. The first kappa shape index (κ1) is 23.3. The Hall–Kier alpha value is -2.40. The average Bonchev–Trinajstić information content (AvgIpc) is 2.87. The minimum Gasteiger partial charge on any atom is -0.480 e. The van der Waals surface area contributed by atoms with Gasteiger partial charge in [0.2, 0.25) is 5.95 Å². The number of carboxylic acids is 1. The first-order valence-electron chi connectivity index (χ1n) is 10.4. The van der Waals surface area contributed by atoms with Gasteiger partial charge in [0, 0.05) is 30.9 Å². The van der Waals surface area contributed by atoms with Crippen LogP contribution in [0, 0.1) is 0 Å². The zero-order valence-corrected chi connectivity index (χ0v) is 19.2. The minimum atomic E-state index is -1.06. The van der Waals surface area contributed by atoms with Gasteiger partial charge in [-0.15, -0.1) is 0 Å². The number of amides is 1. The summed E-state index contributed by atoms with van der Waals surface area (Å²) in [5.41, 5.74) is -0.966. The van der Waals surface area contributed by atoms with Crippen LogP contribution in [0.3, 0.4) is 0 Å². The Bertz CT molecular complexity index is 823. The van der Waals surface area contributed by atoms with Crippen LogP contribution in [0.2, 0.25) is 0 Å². The van der Waals surface area contributed by atoms with Crippen LogP contribution in [-0.2, 0) is 18.8 Å². The smallest absolute Gasteiger partial charge is 0.480 e. The highest BCUT2D eigenvalue weighted by Gasteiger charge is 2.52. The highest BCUT2D eigenvalue weighted by atomic mass is 16.7. The predicted octanol–water partition coefficient (Wildman–Crippen LogP) is 1.29. The molecule has 3 heterocycles. The van der Waals surface area contributed by atoms with E-state index in [9.17, 15) is 14.7 Å². The lowest BCUT2D eigenvalue weighted by Gasteiger charge is -2.39. The summed E-state index contributed by atoms with van der Waals surface area (Å²) in [7, 11) is -0.599. The van der Waals surface area contributed by atoms with Gasteiger partial charge in [-0.1, -0.05) is 0 Å². The van der Waals surface area contributed by atoms with Crippen LogP contribution in [0.5, 0.6) is 0 Å². The number of rotatable bonds is 3. The molecular weight excluding hydrogens is 403 g/mol. The van der Waals surface area contributed by atoms with Gasteiger partial charge in [-0.3, -0.25) is 0 Å². The molecule has 1 aromatic heterocycles. The third kappa shape index (κ3) is 4.93. The maximum Gasteiger partial charge on any atom is 0.498 e. The molecule has 0 aliphatic carbocycles. The van der Waals surface area contributed by atoms with Crippen LogP contribution in [0.1, 0.15) is 48.5 Å². The highest BCUT2D eigenvalue weighted by Crippen LogP contribution is 2.36. The minimum absolute atomic E-state index is 0.0212. The molecule has 1 unspecified atom stereocenters. The fraction of sp³-hybridized carbons (Fsp3) is 0.700. The maximum atomic E-state index is 12.4. The third-order valence-electron chi connectivity index (χ3n) is 5.76. The van der Waals surface area contributed by atoms with Gasteiger partial charge in [-0.05, 0) is 48.5 Å². The number of carbonyl (C=O) groups is 2. The van der Waals surface area contributed by atoms with Crippen LogP contribution >= 0.6 is 0 Å². The van der Waals surface area contributed by atoms with E-state index in [2.05, 4.69) is 9.97 Å². The van der Waals surface area contributed by atoms with Crippen molar-refractivity contribution >= 4 is 30.6 Å². The summed E-state index contributed by atoms with van der Waals surface area (Å²) in [5.74, 6) is -0.789. The van der Waals surface area contributed by atoms with E-state index >= 15 is 0 Å². The van der Waals surface area contributed by atoms with Gasteiger partial charge in [0.1, 0.15) is 11.6 Å². The molecule has 0 aromatic carbocycles. The van der Waals surface area contributed by atoms with Gasteiger partial charge in [0.25, 0.3) is 0 Å². The molecule has 3 rings (SSSR count). The molecule has 0 bridgehead atoms. The van der Waals surface area contributed by atoms with Crippen molar-refractivity contribution in [2.45, 2.75) is 71.3 Å². The zero-order valence-electron chi connectivity index (χ0n) is 19.2. The van der Waals surface area contributed by atoms with Gasteiger partial charge in [-0.25, -0.2) is 19.6 Å². The molecule has 10 nitrogen and oxygen atoms in total. The molecule has 0 spiro atoms. The number of ether oxygens (including phenoxy) is 1. The van der Waals surface area contributed by atoms with E-state index in [-0.39, 0.29) is 19.0 Å². The molecule has 31 heavy (non-hydrogen) atoms. The molecule has 0 saturated carbocycles. The Morgan fingerprint density at radius 3 is 2.16 bits per heavy atom. The largest absolute Gasteiger partial charge is 0.498 e. The van der Waals surface area contributed by atoms with Crippen molar-refractivity contribution in [2.75, 3.05) is 24.5 Å². The lowest BCUT2D eigenvalue weighted by Crippen LogP contribution is -2.59. The number of nitrogens with zero attached hydrogens (tertiary/aromatic N) is 4. The van der Waals surface area contributed by atoms with Crippen molar-refractivity contribution in [3.8, 4) is 0 Å². The van der Waals surface area contributed by atoms with Crippen LogP contribution in [0.15, 0.2) is 12.4 Å². The number of anilines is 1. The Morgan fingerprint density at radius 1 is 1.13 bits per heavy atom. The highest BCUT2D eigenvalue weighted by molar-refractivity contribution is 6.61. The molecular formula is C20H31BN4O6. The Labute approximate surface area is 183 Å². The number of aromatic nitrogens is 2. The van der Waals surface area contributed by atoms with E-state index in [1.54, 1.807) is 38.1 Å².